The summed E-state index contributed by atoms with van der Waals surface area (Å²) in [5, 5.41) is 13.9. The maximum Gasteiger partial charge on any atom is 0.269 e. The number of amidine groups is 1. The second-order valence-electron chi connectivity index (χ2n) is 5.62. The predicted octanol–water partition coefficient (Wildman–Crippen LogP) is 4.10. The molecule has 7 heteroatoms. The predicted molar refractivity (Wildman–Crippen MR) is 99.8 cm³/mol. The Kier molecular flexibility index (Phi) is 4.67. The molecule has 3 rings (SSSR count). The number of aryl methyl sites for hydroxylation is 2. The Hall–Kier alpha value is -2.93. The topological polar surface area (TPSA) is 84.6 Å². The molecule has 1 fully saturated rings. The lowest BCUT2D eigenvalue weighted by molar-refractivity contribution is -0.384. The minimum atomic E-state index is -0.456. The highest BCUT2D eigenvalue weighted by Gasteiger charge is 2.24. The number of non-ortho nitro benzene ring substituents is 1. The molecule has 0 atom stereocenters. The Labute approximate surface area is 148 Å². The van der Waals surface area contributed by atoms with Crippen LogP contribution >= 0.6 is 11.8 Å². The van der Waals surface area contributed by atoms with Crippen molar-refractivity contribution in [3.05, 3.63) is 74.2 Å². The Morgan fingerprint density at radius 1 is 1.16 bits per heavy atom. The summed E-state index contributed by atoms with van der Waals surface area (Å²) in [6.45, 7) is 3.99. The van der Waals surface area contributed by atoms with Gasteiger partial charge in [0.2, 0.25) is 0 Å². The van der Waals surface area contributed by atoms with E-state index in [4.69, 9.17) is 0 Å². The SMILES string of the molecule is Cc1ccc(N=C2NC(=O)/C(=C/c3ccc([N+](=O)[O-])cc3)S2)c(C)c1. The zero-order chi connectivity index (χ0) is 18.0. The number of carbonyl (C=O) groups is 1. The average Bonchev–Trinajstić information content (AvgIpc) is 2.90. The van der Waals surface area contributed by atoms with Gasteiger partial charge in [-0.05, 0) is 61.0 Å². The smallest absolute Gasteiger partial charge is 0.269 e. The molecule has 0 aromatic heterocycles. The number of amides is 1. The van der Waals surface area contributed by atoms with E-state index < -0.39 is 4.92 Å². The number of nitro groups is 1. The van der Waals surface area contributed by atoms with Crippen molar-refractivity contribution < 1.29 is 9.72 Å². The second-order valence-corrected chi connectivity index (χ2v) is 6.65. The van der Waals surface area contributed by atoms with E-state index in [2.05, 4.69) is 10.3 Å². The molecule has 126 valence electrons. The zero-order valence-electron chi connectivity index (χ0n) is 13.6. The lowest BCUT2D eigenvalue weighted by Gasteiger charge is -2.02. The first kappa shape index (κ1) is 16.9. The molecule has 2 aromatic rings. The van der Waals surface area contributed by atoms with Gasteiger partial charge in [-0.3, -0.25) is 14.9 Å². The van der Waals surface area contributed by atoms with Crippen LogP contribution in [0.2, 0.25) is 0 Å². The lowest BCUT2D eigenvalue weighted by atomic mass is 10.1. The molecule has 2 aromatic carbocycles. The van der Waals surface area contributed by atoms with Crippen molar-refractivity contribution in [1.29, 1.82) is 0 Å². The van der Waals surface area contributed by atoms with E-state index in [0.29, 0.717) is 10.1 Å². The van der Waals surface area contributed by atoms with Crippen LogP contribution in [0.1, 0.15) is 16.7 Å². The molecule has 1 aliphatic heterocycles. The molecular weight excluding hydrogens is 338 g/mol. The molecule has 6 nitrogen and oxygen atoms in total. The van der Waals surface area contributed by atoms with Gasteiger partial charge in [-0.1, -0.05) is 17.7 Å². The molecule has 0 spiro atoms. The van der Waals surface area contributed by atoms with Gasteiger partial charge in [0.25, 0.3) is 11.6 Å². The normalized spacial score (nSPS) is 17.1. The lowest BCUT2D eigenvalue weighted by Crippen LogP contribution is -2.19. The van der Waals surface area contributed by atoms with Crippen LogP contribution in [0.4, 0.5) is 11.4 Å². The minimum Gasteiger partial charge on any atom is -0.300 e. The monoisotopic (exact) mass is 353 g/mol. The summed E-state index contributed by atoms with van der Waals surface area (Å²) in [5.41, 5.74) is 3.74. The van der Waals surface area contributed by atoms with Gasteiger partial charge in [0.15, 0.2) is 5.17 Å². The molecule has 1 N–H and O–H groups in total. The van der Waals surface area contributed by atoms with Crippen molar-refractivity contribution in [2.75, 3.05) is 0 Å². The summed E-state index contributed by atoms with van der Waals surface area (Å²) < 4.78 is 0. The first-order valence-corrected chi connectivity index (χ1v) is 8.35. The van der Waals surface area contributed by atoms with Gasteiger partial charge in [0, 0.05) is 12.1 Å². The van der Waals surface area contributed by atoms with Crippen LogP contribution in [0, 0.1) is 24.0 Å². The van der Waals surface area contributed by atoms with Gasteiger partial charge in [0.05, 0.1) is 15.5 Å². The van der Waals surface area contributed by atoms with Crippen LogP contribution in [0.3, 0.4) is 0 Å². The molecule has 1 aliphatic rings. The number of rotatable bonds is 3. The number of hydrogen-bond acceptors (Lipinski definition) is 5. The Bertz CT molecular complexity index is 918. The van der Waals surface area contributed by atoms with Crippen molar-refractivity contribution in [1.82, 2.24) is 5.32 Å². The summed E-state index contributed by atoms with van der Waals surface area (Å²) in [6, 6.07) is 12.0. The van der Waals surface area contributed by atoms with E-state index in [0.717, 1.165) is 22.4 Å². The van der Waals surface area contributed by atoms with E-state index in [1.54, 1.807) is 18.2 Å². The average molecular weight is 353 g/mol. The van der Waals surface area contributed by atoms with Crippen LogP contribution in [0.15, 0.2) is 52.4 Å². The molecule has 0 saturated carbocycles. The highest BCUT2D eigenvalue weighted by Crippen LogP contribution is 2.29. The summed E-state index contributed by atoms with van der Waals surface area (Å²) in [5.74, 6) is -0.230. The number of hydrogen-bond donors (Lipinski definition) is 1. The largest absolute Gasteiger partial charge is 0.300 e. The van der Waals surface area contributed by atoms with E-state index in [1.165, 1.54) is 23.9 Å². The fourth-order valence-corrected chi connectivity index (χ4v) is 3.20. The molecule has 25 heavy (non-hydrogen) atoms. The Balaban J connectivity index is 1.82. The van der Waals surface area contributed by atoms with Crippen molar-refractivity contribution in [2.45, 2.75) is 13.8 Å². The van der Waals surface area contributed by atoms with Crippen LogP contribution in [0.25, 0.3) is 6.08 Å². The van der Waals surface area contributed by atoms with Gasteiger partial charge in [-0.25, -0.2) is 4.99 Å². The van der Waals surface area contributed by atoms with Gasteiger partial charge in [-0.15, -0.1) is 0 Å². The molecule has 0 aliphatic carbocycles. The Morgan fingerprint density at radius 3 is 2.52 bits per heavy atom. The van der Waals surface area contributed by atoms with Crippen LogP contribution < -0.4 is 5.32 Å². The molecule has 0 bridgehead atoms. The van der Waals surface area contributed by atoms with E-state index in [9.17, 15) is 14.9 Å². The second kappa shape index (κ2) is 6.90. The number of benzene rings is 2. The molecule has 1 saturated heterocycles. The Morgan fingerprint density at radius 2 is 1.88 bits per heavy atom. The van der Waals surface area contributed by atoms with Crippen molar-refractivity contribution >= 4 is 40.3 Å². The quantitative estimate of drug-likeness (QED) is 0.511. The number of nitro benzene ring substituents is 1. The fraction of sp³-hybridized carbons (Fsp3) is 0.111. The number of thioether (sulfide) groups is 1. The minimum absolute atomic E-state index is 0.0165. The van der Waals surface area contributed by atoms with Crippen LogP contribution in [-0.2, 0) is 4.79 Å². The standard InChI is InChI=1S/C18H15N3O3S/c1-11-3-8-15(12(2)9-11)19-18-20-17(22)16(25-18)10-13-4-6-14(7-5-13)21(23)24/h3-10H,1-2H3,(H,19,20,22)/b16-10-. The van der Waals surface area contributed by atoms with Crippen molar-refractivity contribution in [3.8, 4) is 0 Å². The maximum atomic E-state index is 12.1. The first-order valence-electron chi connectivity index (χ1n) is 7.54. The summed E-state index contributed by atoms with van der Waals surface area (Å²) in [4.78, 5) is 27.3. The highest BCUT2D eigenvalue weighted by atomic mass is 32.2. The summed E-state index contributed by atoms with van der Waals surface area (Å²) in [6.07, 6.45) is 1.69. The van der Waals surface area contributed by atoms with Gasteiger partial charge in [-0.2, -0.15) is 0 Å². The van der Waals surface area contributed by atoms with Crippen LogP contribution in [-0.4, -0.2) is 16.0 Å². The number of aliphatic imine (C=N–C) groups is 1. The van der Waals surface area contributed by atoms with E-state index in [-0.39, 0.29) is 11.6 Å². The zero-order valence-corrected chi connectivity index (χ0v) is 14.5. The first-order chi connectivity index (χ1) is 11.9. The number of nitrogens with zero attached hydrogens (tertiary/aromatic N) is 2. The number of nitrogens with one attached hydrogen (secondary N) is 1. The fourth-order valence-electron chi connectivity index (χ4n) is 2.36. The van der Waals surface area contributed by atoms with E-state index in [1.807, 2.05) is 32.0 Å². The molecular formula is C18H15N3O3S. The third kappa shape index (κ3) is 3.95. The molecule has 1 amide bonds. The third-order valence-electron chi connectivity index (χ3n) is 3.63. The maximum absolute atomic E-state index is 12.1. The summed E-state index contributed by atoms with van der Waals surface area (Å²) in [7, 11) is 0. The van der Waals surface area contributed by atoms with Gasteiger partial charge >= 0.3 is 0 Å². The molecule has 0 radical (unpaired) electrons. The molecule has 0 unspecified atom stereocenters. The highest BCUT2D eigenvalue weighted by molar-refractivity contribution is 8.18. The van der Waals surface area contributed by atoms with Crippen molar-refractivity contribution in [2.24, 2.45) is 4.99 Å². The number of carbonyl (C=O) groups excluding carboxylic acids is 1. The van der Waals surface area contributed by atoms with Gasteiger partial charge < -0.3 is 5.32 Å². The van der Waals surface area contributed by atoms with Crippen molar-refractivity contribution in [3.63, 3.8) is 0 Å². The van der Waals surface area contributed by atoms with Crippen LogP contribution in [0.5, 0.6) is 0 Å². The molecule has 1 heterocycles. The van der Waals surface area contributed by atoms with Gasteiger partial charge in [0.1, 0.15) is 0 Å². The summed E-state index contributed by atoms with van der Waals surface area (Å²) >= 11 is 1.25. The third-order valence-corrected chi connectivity index (χ3v) is 4.54. The van der Waals surface area contributed by atoms with E-state index >= 15 is 0 Å².